The Morgan fingerprint density at radius 3 is 2.89 bits per heavy atom. The molecule has 1 amide bonds. The molecule has 1 unspecified atom stereocenters. The van der Waals surface area contributed by atoms with Crippen LogP contribution in [-0.2, 0) is 4.79 Å². The highest BCUT2D eigenvalue weighted by molar-refractivity contribution is 5.91. The van der Waals surface area contributed by atoms with Gasteiger partial charge in [-0.1, -0.05) is 0 Å². The third kappa shape index (κ3) is 4.84. The van der Waals surface area contributed by atoms with Gasteiger partial charge in [0.25, 0.3) is 0 Å². The lowest BCUT2D eigenvalue weighted by Crippen LogP contribution is -2.34. The molecule has 0 saturated heterocycles. The van der Waals surface area contributed by atoms with Gasteiger partial charge in [-0.05, 0) is 32.2 Å². The SMILES string of the molecule is CC(CO)N(C)CCC(=O)Nc1cc(N)ccc1F. The number of aliphatic hydroxyl groups is 1. The lowest BCUT2D eigenvalue weighted by molar-refractivity contribution is -0.116. The van der Waals surface area contributed by atoms with Crippen molar-refractivity contribution in [3.8, 4) is 0 Å². The summed E-state index contributed by atoms with van der Waals surface area (Å²) in [7, 11) is 1.81. The first-order valence-corrected chi connectivity index (χ1v) is 6.10. The topological polar surface area (TPSA) is 78.6 Å². The fraction of sp³-hybridized carbons (Fsp3) is 0.462. The number of carbonyl (C=O) groups excluding carboxylic acids is 1. The molecule has 0 aliphatic heterocycles. The number of hydrogen-bond donors (Lipinski definition) is 3. The monoisotopic (exact) mass is 269 g/mol. The summed E-state index contributed by atoms with van der Waals surface area (Å²) >= 11 is 0. The molecule has 0 spiro atoms. The van der Waals surface area contributed by atoms with Crippen LogP contribution in [0.3, 0.4) is 0 Å². The third-order valence-corrected chi connectivity index (χ3v) is 2.97. The molecular formula is C13H20FN3O2. The van der Waals surface area contributed by atoms with Gasteiger partial charge in [0.05, 0.1) is 12.3 Å². The molecule has 4 N–H and O–H groups in total. The van der Waals surface area contributed by atoms with Crippen molar-refractivity contribution in [2.75, 3.05) is 31.2 Å². The molecule has 0 fully saturated rings. The fourth-order valence-electron chi connectivity index (χ4n) is 1.49. The number of anilines is 2. The molecule has 0 bridgehead atoms. The van der Waals surface area contributed by atoms with Crippen molar-refractivity contribution in [2.24, 2.45) is 0 Å². The molecule has 0 saturated carbocycles. The number of amides is 1. The molecule has 0 heterocycles. The Balaban J connectivity index is 2.49. The van der Waals surface area contributed by atoms with E-state index in [4.69, 9.17) is 10.8 Å². The zero-order valence-corrected chi connectivity index (χ0v) is 11.2. The molecule has 1 rings (SSSR count). The van der Waals surface area contributed by atoms with Crippen LogP contribution in [0.1, 0.15) is 13.3 Å². The van der Waals surface area contributed by atoms with Crippen molar-refractivity contribution in [3.63, 3.8) is 0 Å². The van der Waals surface area contributed by atoms with Crippen LogP contribution < -0.4 is 11.1 Å². The van der Waals surface area contributed by atoms with Gasteiger partial charge in [-0.15, -0.1) is 0 Å². The summed E-state index contributed by atoms with van der Waals surface area (Å²) in [4.78, 5) is 13.5. The maximum atomic E-state index is 13.4. The molecule has 1 aromatic carbocycles. The van der Waals surface area contributed by atoms with Gasteiger partial charge >= 0.3 is 0 Å². The van der Waals surface area contributed by atoms with E-state index in [0.29, 0.717) is 12.2 Å². The van der Waals surface area contributed by atoms with Crippen LogP contribution in [0.2, 0.25) is 0 Å². The van der Waals surface area contributed by atoms with Crippen molar-refractivity contribution in [3.05, 3.63) is 24.0 Å². The van der Waals surface area contributed by atoms with Gasteiger partial charge in [-0.3, -0.25) is 4.79 Å². The van der Waals surface area contributed by atoms with Gasteiger partial charge in [-0.25, -0.2) is 4.39 Å². The lowest BCUT2D eigenvalue weighted by atomic mass is 10.2. The number of hydrogen-bond acceptors (Lipinski definition) is 4. The van der Waals surface area contributed by atoms with E-state index in [1.165, 1.54) is 18.2 Å². The van der Waals surface area contributed by atoms with E-state index in [0.717, 1.165) is 0 Å². The Kier molecular flexibility index (Phi) is 5.72. The predicted molar refractivity (Wildman–Crippen MR) is 73.2 cm³/mol. The summed E-state index contributed by atoms with van der Waals surface area (Å²) in [6.45, 7) is 2.37. The van der Waals surface area contributed by atoms with E-state index >= 15 is 0 Å². The molecule has 0 aliphatic carbocycles. The largest absolute Gasteiger partial charge is 0.399 e. The van der Waals surface area contributed by atoms with E-state index in [-0.39, 0.29) is 30.7 Å². The molecular weight excluding hydrogens is 249 g/mol. The Morgan fingerprint density at radius 1 is 1.58 bits per heavy atom. The van der Waals surface area contributed by atoms with Gasteiger partial charge in [0.1, 0.15) is 5.82 Å². The molecule has 6 heteroatoms. The molecule has 1 atom stereocenters. The number of likely N-dealkylation sites (N-methyl/N-ethyl adjacent to an activating group) is 1. The second-order valence-electron chi connectivity index (χ2n) is 4.55. The van der Waals surface area contributed by atoms with E-state index in [1.54, 1.807) is 0 Å². The van der Waals surface area contributed by atoms with Gasteiger partial charge < -0.3 is 21.1 Å². The minimum atomic E-state index is -0.514. The number of nitrogens with zero attached hydrogens (tertiary/aromatic N) is 1. The average molecular weight is 269 g/mol. The smallest absolute Gasteiger partial charge is 0.225 e. The molecule has 19 heavy (non-hydrogen) atoms. The first kappa shape index (κ1) is 15.4. The first-order valence-electron chi connectivity index (χ1n) is 6.10. The highest BCUT2D eigenvalue weighted by atomic mass is 19.1. The van der Waals surface area contributed by atoms with Crippen LogP contribution in [0.5, 0.6) is 0 Å². The maximum Gasteiger partial charge on any atom is 0.225 e. The number of nitrogens with two attached hydrogens (primary N) is 1. The minimum absolute atomic E-state index is 0.0168. The fourth-order valence-corrected chi connectivity index (χ4v) is 1.49. The third-order valence-electron chi connectivity index (χ3n) is 2.97. The van der Waals surface area contributed by atoms with E-state index in [9.17, 15) is 9.18 Å². The lowest BCUT2D eigenvalue weighted by Gasteiger charge is -2.22. The minimum Gasteiger partial charge on any atom is -0.399 e. The number of rotatable bonds is 6. The predicted octanol–water partition coefficient (Wildman–Crippen LogP) is 1.05. The summed E-state index contributed by atoms with van der Waals surface area (Å²) in [5.41, 5.74) is 6.01. The Bertz CT molecular complexity index is 440. The molecule has 0 aliphatic rings. The maximum absolute atomic E-state index is 13.4. The van der Waals surface area contributed by atoms with Gasteiger partial charge in [0, 0.05) is 24.7 Å². The molecule has 5 nitrogen and oxygen atoms in total. The number of carbonyl (C=O) groups is 1. The highest BCUT2D eigenvalue weighted by Crippen LogP contribution is 2.17. The number of halogens is 1. The van der Waals surface area contributed by atoms with Crippen molar-refractivity contribution >= 4 is 17.3 Å². The quantitative estimate of drug-likeness (QED) is 0.674. The second kappa shape index (κ2) is 7.06. The number of benzene rings is 1. The van der Waals surface area contributed by atoms with Crippen LogP contribution in [0, 0.1) is 5.82 Å². The Hall–Kier alpha value is -1.66. The van der Waals surface area contributed by atoms with Crippen molar-refractivity contribution in [2.45, 2.75) is 19.4 Å². The van der Waals surface area contributed by atoms with E-state index in [2.05, 4.69) is 5.32 Å². The van der Waals surface area contributed by atoms with Crippen LogP contribution in [-0.4, -0.2) is 42.2 Å². The summed E-state index contributed by atoms with van der Waals surface area (Å²) in [5.74, 6) is -0.805. The van der Waals surface area contributed by atoms with E-state index < -0.39 is 5.82 Å². The van der Waals surface area contributed by atoms with Crippen molar-refractivity contribution in [1.29, 1.82) is 0 Å². The van der Waals surface area contributed by atoms with Gasteiger partial charge in [-0.2, -0.15) is 0 Å². The van der Waals surface area contributed by atoms with Crippen LogP contribution in [0.15, 0.2) is 18.2 Å². The Labute approximate surface area is 112 Å². The average Bonchev–Trinajstić information content (AvgIpc) is 2.39. The van der Waals surface area contributed by atoms with Crippen LogP contribution in [0.25, 0.3) is 0 Å². The number of nitrogens with one attached hydrogen (secondary N) is 1. The summed E-state index contributed by atoms with van der Waals surface area (Å²) in [5, 5.41) is 11.4. The van der Waals surface area contributed by atoms with Gasteiger partial charge in [0.15, 0.2) is 0 Å². The molecule has 1 aromatic rings. The Morgan fingerprint density at radius 2 is 2.26 bits per heavy atom. The van der Waals surface area contributed by atoms with Crippen LogP contribution in [0.4, 0.5) is 15.8 Å². The first-order chi connectivity index (χ1) is 8.93. The molecule has 0 aromatic heterocycles. The summed E-state index contributed by atoms with van der Waals surface area (Å²) in [6, 6.07) is 4.01. The van der Waals surface area contributed by atoms with Crippen LogP contribution >= 0.6 is 0 Å². The summed E-state index contributed by atoms with van der Waals surface area (Å²) < 4.78 is 13.4. The number of nitrogen functional groups attached to an aromatic ring is 1. The van der Waals surface area contributed by atoms with Crippen molar-refractivity contribution in [1.82, 2.24) is 4.90 Å². The van der Waals surface area contributed by atoms with Gasteiger partial charge in [0.2, 0.25) is 5.91 Å². The zero-order chi connectivity index (χ0) is 14.4. The standard InChI is InChI=1S/C13H20FN3O2/c1-9(8-18)17(2)6-5-13(19)16-12-7-10(15)3-4-11(12)14/h3-4,7,9,18H,5-6,8,15H2,1-2H3,(H,16,19). The number of aliphatic hydroxyl groups excluding tert-OH is 1. The van der Waals surface area contributed by atoms with E-state index in [1.807, 2.05) is 18.9 Å². The zero-order valence-electron chi connectivity index (χ0n) is 11.2. The normalized spacial score (nSPS) is 12.5. The summed E-state index contributed by atoms with van der Waals surface area (Å²) in [6.07, 6.45) is 0.217. The molecule has 0 radical (unpaired) electrons. The molecule has 106 valence electrons. The van der Waals surface area contributed by atoms with Crippen molar-refractivity contribution < 1.29 is 14.3 Å². The highest BCUT2D eigenvalue weighted by Gasteiger charge is 2.11. The second-order valence-corrected chi connectivity index (χ2v) is 4.55.